The van der Waals surface area contributed by atoms with Crippen molar-refractivity contribution in [3.8, 4) is 11.1 Å². The summed E-state index contributed by atoms with van der Waals surface area (Å²) >= 11 is 0. The van der Waals surface area contributed by atoms with Crippen molar-refractivity contribution in [1.82, 2.24) is 10.6 Å². The van der Waals surface area contributed by atoms with Gasteiger partial charge in [0, 0.05) is 18.4 Å². The van der Waals surface area contributed by atoms with Crippen molar-refractivity contribution in [3.05, 3.63) is 59.7 Å². The highest BCUT2D eigenvalue weighted by atomic mass is 16.5. The Morgan fingerprint density at radius 3 is 2.12 bits per heavy atom. The van der Waals surface area contributed by atoms with Crippen molar-refractivity contribution < 1.29 is 24.2 Å². The topological polar surface area (TPSA) is 105 Å². The van der Waals surface area contributed by atoms with Gasteiger partial charge in [-0.25, -0.2) is 4.79 Å². The van der Waals surface area contributed by atoms with Gasteiger partial charge in [0.05, 0.1) is 0 Å². The number of alkyl carbamates (subject to hydrolysis) is 1. The predicted octanol–water partition coefficient (Wildman–Crippen LogP) is 4.06. The molecule has 2 aromatic carbocycles. The molecule has 5 rings (SSSR count). The molecule has 3 unspecified atom stereocenters. The fourth-order valence-corrected chi connectivity index (χ4v) is 5.79. The highest BCUT2D eigenvalue weighted by Crippen LogP contribution is 2.49. The lowest BCUT2D eigenvalue weighted by molar-refractivity contribution is -0.137. The van der Waals surface area contributed by atoms with Crippen LogP contribution in [0.25, 0.3) is 11.1 Å². The first kappa shape index (κ1) is 22.4. The predicted molar refractivity (Wildman–Crippen MR) is 126 cm³/mol. The maximum absolute atomic E-state index is 12.9. The van der Waals surface area contributed by atoms with Gasteiger partial charge in [-0.1, -0.05) is 61.4 Å². The molecule has 3 atom stereocenters. The number of hydrogen-bond donors (Lipinski definition) is 3. The molecule has 0 saturated heterocycles. The molecule has 0 aromatic heterocycles. The first-order chi connectivity index (χ1) is 16.5. The molecule has 2 aromatic rings. The van der Waals surface area contributed by atoms with E-state index in [9.17, 15) is 14.4 Å². The Hall–Kier alpha value is -3.35. The Morgan fingerprint density at radius 2 is 1.53 bits per heavy atom. The molecule has 3 aliphatic rings. The Balaban J connectivity index is 1.21. The lowest BCUT2D eigenvalue weighted by Crippen LogP contribution is -2.48. The summed E-state index contributed by atoms with van der Waals surface area (Å²) in [6, 6.07) is 15.4. The molecule has 3 N–H and O–H groups in total. The lowest BCUT2D eigenvalue weighted by Gasteiger charge is -2.19. The molecule has 178 valence electrons. The monoisotopic (exact) mass is 462 g/mol. The number of rotatable bonds is 8. The van der Waals surface area contributed by atoms with Gasteiger partial charge in [-0.15, -0.1) is 0 Å². The van der Waals surface area contributed by atoms with Crippen LogP contribution in [0.15, 0.2) is 48.5 Å². The normalized spacial score (nSPS) is 23.1. The van der Waals surface area contributed by atoms with Crippen molar-refractivity contribution in [2.24, 2.45) is 11.8 Å². The van der Waals surface area contributed by atoms with Gasteiger partial charge in [-0.2, -0.15) is 0 Å². The highest BCUT2D eigenvalue weighted by Gasteiger charge is 2.51. The van der Waals surface area contributed by atoms with Crippen molar-refractivity contribution >= 4 is 18.0 Å². The van der Waals surface area contributed by atoms with Crippen LogP contribution in [0.5, 0.6) is 0 Å². The van der Waals surface area contributed by atoms with Crippen LogP contribution in [-0.2, 0) is 14.3 Å². The summed E-state index contributed by atoms with van der Waals surface area (Å²) < 4.78 is 5.56. The third kappa shape index (κ3) is 4.52. The number of amides is 2. The minimum atomic E-state index is -1.01. The maximum Gasteiger partial charge on any atom is 0.407 e. The summed E-state index contributed by atoms with van der Waals surface area (Å²) in [5.74, 6) is -0.375. The van der Waals surface area contributed by atoms with E-state index >= 15 is 0 Å². The first-order valence-electron chi connectivity index (χ1n) is 12.2. The van der Waals surface area contributed by atoms with Crippen LogP contribution in [0, 0.1) is 11.8 Å². The molecule has 0 aliphatic heterocycles. The van der Waals surface area contributed by atoms with Gasteiger partial charge in [-0.3, -0.25) is 9.59 Å². The van der Waals surface area contributed by atoms with E-state index in [2.05, 4.69) is 22.8 Å². The molecule has 0 spiro atoms. The molecule has 0 radical (unpaired) electrons. The van der Waals surface area contributed by atoms with Gasteiger partial charge in [0.2, 0.25) is 5.91 Å². The van der Waals surface area contributed by atoms with E-state index in [-0.39, 0.29) is 37.3 Å². The van der Waals surface area contributed by atoms with Crippen LogP contribution in [0.3, 0.4) is 0 Å². The molecule has 0 bridgehead atoms. The Labute approximate surface area is 198 Å². The van der Waals surface area contributed by atoms with Gasteiger partial charge in [0.15, 0.2) is 0 Å². The van der Waals surface area contributed by atoms with Crippen LogP contribution in [0.4, 0.5) is 4.79 Å². The number of carbonyl (C=O) groups is 3. The van der Waals surface area contributed by atoms with Gasteiger partial charge < -0.3 is 20.5 Å². The lowest BCUT2D eigenvalue weighted by atomic mass is 9.98. The average Bonchev–Trinajstić information content (AvgIpc) is 3.44. The number of hydrogen-bond acceptors (Lipinski definition) is 4. The van der Waals surface area contributed by atoms with Gasteiger partial charge in [0.1, 0.15) is 12.6 Å². The van der Waals surface area contributed by atoms with Crippen molar-refractivity contribution in [1.29, 1.82) is 0 Å². The third-order valence-electron chi connectivity index (χ3n) is 7.56. The fraction of sp³-hybridized carbons (Fsp3) is 0.444. The van der Waals surface area contributed by atoms with E-state index < -0.39 is 18.1 Å². The molecule has 0 heterocycles. The molecule has 7 nitrogen and oxygen atoms in total. The molecule has 7 heteroatoms. The number of benzene rings is 2. The molecule has 2 fully saturated rings. The second kappa shape index (κ2) is 9.49. The van der Waals surface area contributed by atoms with Crippen LogP contribution >= 0.6 is 0 Å². The van der Waals surface area contributed by atoms with E-state index in [1.54, 1.807) is 0 Å². The molecule has 2 saturated carbocycles. The van der Waals surface area contributed by atoms with E-state index in [4.69, 9.17) is 9.84 Å². The Morgan fingerprint density at radius 1 is 0.941 bits per heavy atom. The standard InChI is InChI=1S/C27H30N2O5/c30-24(31)14-13-23(26(32)29-25-20-11-5-6-12-21(20)25)28-27(33)34-15-22-18-9-3-1-7-16(18)17-8-2-4-10-19(17)22/h1-4,7-10,20-23,25H,5-6,11-15H2,(H,28,33)(H,29,32)(H,30,31). The van der Waals surface area contributed by atoms with Crippen LogP contribution < -0.4 is 10.6 Å². The summed E-state index contributed by atoms with van der Waals surface area (Å²) in [6.07, 6.45) is 3.72. The zero-order valence-electron chi connectivity index (χ0n) is 19.0. The van der Waals surface area contributed by atoms with Gasteiger partial charge in [-0.05, 0) is 53.4 Å². The summed E-state index contributed by atoms with van der Waals surface area (Å²) in [4.78, 5) is 36.7. The number of nitrogens with one attached hydrogen (secondary N) is 2. The first-order valence-corrected chi connectivity index (χ1v) is 12.2. The summed E-state index contributed by atoms with van der Waals surface area (Å²) in [5, 5.41) is 14.8. The quantitative estimate of drug-likeness (QED) is 0.549. The van der Waals surface area contributed by atoms with E-state index in [0.717, 1.165) is 35.1 Å². The SMILES string of the molecule is O=C(O)CCC(NC(=O)OCC1c2ccccc2-c2ccccc21)C(=O)NC1C2CCCCC21. The van der Waals surface area contributed by atoms with Gasteiger partial charge in [0.25, 0.3) is 0 Å². The van der Waals surface area contributed by atoms with Crippen LogP contribution in [0.2, 0.25) is 0 Å². The number of aliphatic carboxylic acids is 1. The summed E-state index contributed by atoms with van der Waals surface area (Å²) in [6.45, 7) is 0.139. The third-order valence-corrected chi connectivity index (χ3v) is 7.56. The molecule has 3 aliphatic carbocycles. The number of carboxylic acids is 1. The minimum Gasteiger partial charge on any atom is -0.481 e. The number of carbonyl (C=O) groups excluding carboxylic acids is 2. The molecule has 2 amide bonds. The molecule has 34 heavy (non-hydrogen) atoms. The Kier molecular flexibility index (Phi) is 6.26. The fourth-order valence-electron chi connectivity index (χ4n) is 5.79. The minimum absolute atomic E-state index is 0.0212. The number of fused-ring (bicyclic) bond motifs is 4. The highest BCUT2D eigenvalue weighted by molar-refractivity contribution is 5.86. The molecular weight excluding hydrogens is 432 g/mol. The van der Waals surface area contributed by atoms with Crippen LogP contribution in [0.1, 0.15) is 55.6 Å². The van der Waals surface area contributed by atoms with E-state index in [1.165, 1.54) is 12.8 Å². The number of carboxylic acid groups (broad SMARTS) is 1. The number of ether oxygens (including phenoxy) is 1. The van der Waals surface area contributed by atoms with Crippen molar-refractivity contribution in [2.45, 2.75) is 56.5 Å². The zero-order valence-corrected chi connectivity index (χ0v) is 19.0. The average molecular weight is 463 g/mol. The van der Waals surface area contributed by atoms with E-state index in [1.807, 2.05) is 36.4 Å². The van der Waals surface area contributed by atoms with Gasteiger partial charge >= 0.3 is 12.1 Å². The van der Waals surface area contributed by atoms with Crippen molar-refractivity contribution in [2.75, 3.05) is 6.61 Å². The second-order valence-corrected chi connectivity index (χ2v) is 9.60. The summed E-state index contributed by atoms with van der Waals surface area (Å²) in [5.41, 5.74) is 4.48. The smallest absolute Gasteiger partial charge is 0.407 e. The maximum atomic E-state index is 12.9. The summed E-state index contributed by atoms with van der Waals surface area (Å²) in [7, 11) is 0. The molecular formula is C27H30N2O5. The van der Waals surface area contributed by atoms with Crippen LogP contribution in [-0.4, -0.2) is 41.8 Å². The second-order valence-electron chi connectivity index (χ2n) is 9.60. The largest absolute Gasteiger partial charge is 0.481 e. The van der Waals surface area contributed by atoms with E-state index in [0.29, 0.717) is 11.8 Å². The zero-order chi connectivity index (χ0) is 23.7. The Bertz CT molecular complexity index is 1040. The van der Waals surface area contributed by atoms with Crippen molar-refractivity contribution in [3.63, 3.8) is 0 Å².